The first kappa shape index (κ1) is 22.0. The highest BCUT2D eigenvalue weighted by molar-refractivity contribution is 6.31. The molecule has 2 aliphatic rings. The van der Waals surface area contributed by atoms with Crippen LogP contribution in [0.15, 0.2) is 42.5 Å². The predicted octanol–water partition coefficient (Wildman–Crippen LogP) is 5.57. The molecule has 166 valence electrons. The molecule has 1 saturated heterocycles. The Hall–Kier alpha value is -2.24. The second-order valence-corrected chi connectivity index (χ2v) is 9.40. The van der Waals surface area contributed by atoms with Gasteiger partial charge < -0.3 is 15.0 Å². The summed E-state index contributed by atoms with van der Waals surface area (Å²) in [5, 5.41) is 3.73. The smallest absolute Gasteiger partial charge is 0.321 e. The zero-order valence-electron chi connectivity index (χ0n) is 18.4. The molecule has 2 aromatic rings. The van der Waals surface area contributed by atoms with Gasteiger partial charge in [-0.2, -0.15) is 0 Å². The van der Waals surface area contributed by atoms with E-state index in [1.54, 1.807) is 4.90 Å². The van der Waals surface area contributed by atoms with E-state index in [9.17, 15) is 4.79 Å². The number of aryl methyl sites for hydroxylation is 1. The minimum atomic E-state index is -0.0754. The number of rotatable bonds is 7. The highest BCUT2D eigenvalue weighted by Crippen LogP contribution is 2.33. The van der Waals surface area contributed by atoms with E-state index >= 15 is 0 Å². The van der Waals surface area contributed by atoms with Gasteiger partial charge >= 0.3 is 6.03 Å². The first-order valence-electron chi connectivity index (χ1n) is 11.2. The Morgan fingerprint density at radius 2 is 1.87 bits per heavy atom. The fraction of sp³-hybridized carbons (Fsp3) is 0.480. The van der Waals surface area contributed by atoms with Gasteiger partial charge in [0.2, 0.25) is 0 Å². The van der Waals surface area contributed by atoms with E-state index in [4.69, 9.17) is 16.3 Å². The number of halogens is 1. The minimum Gasteiger partial charge on any atom is -0.490 e. The molecule has 2 amide bonds. The van der Waals surface area contributed by atoms with Crippen molar-refractivity contribution in [1.29, 1.82) is 0 Å². The third-order valence-corrected chi connectivity index (χ3v) is 6.65. The SMILES string of the molecule is Cc1ccc(NC(=O)N(C)CC2CC(Oc3ccc(CN4CCCC4)c(Cl)c3)C2)cc1. The second-order valence-electron chi connectivity index (χ2n) is 8.99. The van der Waals surface area contributed by atoms with Crippen LogP contribution in [0.2, 0.25) is 5.02 Å². The number of anilines is 1. The Morgan fingerprint density at radius 3 is 2.55 bits per heavy atom. The Labute approximate surface area is 190 Å². The van der Waals surface area contributed by atoms with Crippen molar-refractivity contribution < 1.29 is 9.53 Å². The summed E-state index contributed by atoms with van der Waals surface area (Å²) in [7, 11) is 1.84. The van der Waals surface area contributed by atoms with E-state index in [0.717, 1.165) is 55.5 Å². The molecule has 2 fully saturated rings. The van der Waals surface area contributed by atoms with Gasteiger partial charge in [0.1, 0.15) is 5.75 Å². The molecular formula is C25H32ClN3O2. The van der Waals surface area contributed by atoms with Crippen molar-refractivity contribution in [3.8, 4) is 5.75 Å². The fourth-order valence-electron chi connectivity index (χ4n) is 4.35. The number of amides is 2. The summed E-state index contributed by atoms with van der Waals surface area (Å²) in [6, 6.07) is 13.8. The maximum Gasteiger partial charge on any atom is 0.321 e. The number of urea groups is 1. The van der Waals surface area contributed by atoms with Crippen molar-refractivity contribution in [2.75, 3.05) is 32.0 Å². The summed E-state index contributed by atoms with van der Waals surface area (Å²) in [5.74, 6) is 1.30. The monoisotopic (exact) mass is 441 g/mol. The molecule has 0 unspecified atom stereocenters. The van der Waals surface area contributed by atoms with Crippen LogP contribution in [0.25, 0.3) is 0 Å². The van der Waals surface area contributed by atoms with Crippen LogP contribution in [-0.2, 0) is 6.54 Å². The molecule has 1 aliphatic carbocycles. The Balaban J connectivity index is 1.19. The fourth-order valence-corrected chi connectivity index (χ4v) is 4.58. The zero-order valence-corrected chi connectivity index (χ0v) is 19.2. The Morgan fingerprint density at radius 1 is 1.16 bits per heavy atom. The van der Waals surface area contributed by atoms with Crippen LogP contribution < -0.4 is 10.1 Å². The van der Waals surface area contributed by atoms with E-state index in [1.165, 1.54) is 24.0 Å². The number of benzene rings is 2. The lowest BCUT2D eigenvalue weighted by molar-refractivity contribution is 0.0532. The van der Waals surface area contributed by atoms with Crippen molar-refractivity contribution in [2.45, 2.75) is 45.3 Å². The van der Waals surface area contributed by atoms with E-state index in [2.05, 4.69) is 16.3 Å². The highest BCUT2D eigenvalue weighted by Gasteiger charge is 2.32. The maximum atomic E-state index is 12.4. The lowest BCUT2D eigenvalue weighted by Gasteiger charge is -2.37. The van der Waals surface area contributed by atoms with Crippen molar-refractivity contribution in [3.63, 3.8) is 0 Å². The van der Waals surface area contributed by atoms with Gasteiger partial charge in [0.05, 0.1) is 6.10 Å². The lowest BCUT2D eigenvalue weighted by atomic mass is 9.82. The Kier molecular flexibility index (Phi) is 7.03. The molecule has 31 heavy (non-hydrogen) atoms. The average molecular weight is 442 g/mol. The Bertz CT molecular complexity index is 890. The van der Waals surface area contributed by atoms with Gasteiger partial charge in [-0.05, 0) is 81.4 Å². The molecule has 5 nitrogen and oxygen atoms in total. The van der Waals surface area contributed by atoms with Crippen molar-refractivity contribution >= 4 is 23.3 Å². The molecule has 0 spiro atoms. The number of ether oxygens (including phenoxy) is 1. The van der Waals surface area contributed by atoms with Crippen LogP contribution in [0.3, 0.4) is 0 Å². The summed E-state index contributed by atoms with van der Waals surface area (Å²) in [5.41, 5.74) is 3.17. The summed E-state index contributed by atoms with van der Waals surface area (Å²) in [6.07, 6.45) is 4.67. The van der Waals surface area contributed by atoms with Gasteiger partial charge in [-0.3, -0.25) is 4.90 Å². The molecular weight excluding hydrogens is 410 g/mol. The molecule has 1 N–H and O–H groups in total. The molecule has 6 heteroatoms. The number of carbonyl (C=O) groups is 1. The average Bonchev–Trinajstić information content (AvgIpc) is 3.23. The van der Waals surface area contributed by atoms with Gasteiger partial charge in [0.15, 0.2) is 0 Å². The number of nitrogens with one attached hydrogen (secondary N) is 1. The normalized spacial score (nSPS) is 20.9. The first-order valence-corrected chi connectivity index (χ1v) is 11.6. The molecule has 0 atom stereocenters. The summed E-state index contributed by atoms with van der Waals surface area (Å²) in [6.45, 7) is 6.00. The number of hydrogen-bond donors (Lipinski definition) is 1. The number of nitrogens with zero attached hydrogens (tertiary/aromatic N) is 2. The molecule has 1 aliphatic heterocycles. The van der Waals surface area contributed by atoms with Crippen LogP contribution in [0.1, 0.15) is 36.8 Å². The van der Waals surface area contributed by atoms with Gasteiger partial charge in [0.25, 0.3) is 0 Å². The molecule has 0 bridgehead atoms. The summed E-state index contributed by atoms with van der Waals surface area (Å²) < 4.78 is 6.12. The van der Waals surface area contributed by atoms with Crippen LogP contribution >= 0.6 is 11.6 Å². The summed E-state index contributed by atoms with van der Waals surface area (Å²) >= 11 is 6.50. The first-order chi connectivity index (χ1) is 15.0. The van der Waals surface area contributed by atoms with E-state index in [-0.39, 0.29) is 12.1 Å². The van der Waals surface area contributed by atoms with Crippen molar-refractivity contribution in [1.82, 2.24) is 9.80 Å². The molecule has 2 aromatic carbocycles. The molecule has 0 aromatic heterocycles. The zero-order chi connectivity index (χ0) is 21.8. The highest BCUT2D eigenvalue weighted by atomic mass is 35.5. The van der Waals surface area contributed by atoms with Crippen molar-refractivity contribution in [2.24, 2.45) is 5.92 Å². The van der Waals surface area contributed by atoms with E-state index in [0.29, 0.717) is 5.92 Å². The topological polar surface area (TPSA) is 44.8 Å². The molecule has 4 rings (SSSR count). The third-order valence-electron chi connectivity index (χ3n) is 6.29. The number of carbonyl (C=O) groups excluding carboxylic acids is 1. The van der Waals surface area contributed by atoms with Gasteiger partial charge in [0, 0.05) is 30.8 Å². The minimum absolute atomic E-state index is 0.0754. The van der Waals surface area contributed by atoms with E-state index < -0.39 is 0 Å². The standard InChI is InChI=1S/C25H32ClN3O2/c1-18-5-8-21(9-6-18)27-25(30)28(2)16-19-13-23(14-19)31-22-10-7-20(24(26)15-22)17-29-11-3-4-12-29/h5-10,15,19,23H,3-4,11-14,16-17H2,1-2H3,(H,27,30). The number of hydrogen-bond acceptors (Lipinski definition) is 3. The van der Waals surface area contributed by atoms with Crippen LogP contribution in [-0.4, -0.2) is 48.6 Å². The molecule has 0 radical (unpaired) electrons. The van der Waals surface area contributed by atoms with Gasteiger partial charge in [-0.15, -0.1) is 0 Å². The summed E-state index contributed by atoms with van der Waals surface area (Å²) in [4.78, 5) is 16.6. The maximum absolute atomic E-state index is 12.4. The van der Waals surface area contributed by atoms with Gasteiger partial charge in [-0.1, -0.05) is 35.4 Å². The van der Waals surface area contributed by atoms with Crippen LogP contribution in [0.4, 0.5) is 10.5 Å². The molecule has 1 saturated carbocycles. The quantitative estimate of drug-likeness (QED) is 0.611. The van der Waals surface area contributed by atoms with Crippen molar-refractivity contribution in [3.05, 3.63) is 58.6 Å². The number of likely N-dealkylation sites (tertiary alicyclic amines) is 1. The van der Waals surface area contributed by atoms with Crippen LogP contribution in [0, 0.1) is 12.8 Å². The van der Waals surface area contributed by atoms with Gasteiger partial charge in [-0.25, -0.2) is 4.79 Å². The largest absolute Gasteiger partial charge is 0.490 e. The predicted molar refractivity (Wildman–Crippen MR) is 126 cm³/mol. The lowest BCUT2D eigenvalue weighted by Crippen LogP contribution is -2.43. The molecule has 1 heterocycles. The van der Waals surface area contributed by atoms with Crippen LogP contribution in [0.5, 0.6) is 5.75 Å². The third kappa shape index (κ3) is 5.92. The van der Waals surface area contributed by atoms with E-state index in [1.807, 2.05) is 50.4 Å². The second kappa shape index (κ2) is 9.92.